The van der Waals surface area contributed by atoms with E-state index in [4.69, 9.17) is 0 Å². The molecule has 1 aliphatic heterocycles. The number of rotatable bonds is 9. The molecule has 1 atom stereocenters. The molecule has 1 unspecified atom stereocenters. The van der Waals surface area contributed by atoms with Gasteiger partial charge in [0.1, 0.15) is 0 Å². The van der Waals surface area contributed by atoms with Crippen LogP contribution in [0.4, 0.5) is 0 Å². The average molecular weight is 254 g/mol. The number of hydrogen-bond acceptors (Lipinski definition) is 2. The maximum atomic E-state index is 3.67. The number of piperidine rings is 1. The van der Waals surface area contributed by atoms with E-state index in [2.05, 4.69) is 31.4 Å². The SMILES string of the molecule is CCCCCCCCNCC1NCCCC1(C)C. The predicted octanol–water partition coefficient (Wildman–Crippen LogP) is 3.71. The zero-order valence-electron chi connectivity index (χ0n) is 12.9. The van der Waals surface area contributed by atoms with Crippen LogP contribution in [0.2, 0.25) is 0 Å². The largest absolute Gasteiger partial charge is 0.315 e. The minimum absolute atomic E-state index is 0.465. The Bertz CT molecular complexity index is 201. The molecule has 0 bridgehead atoms. The molecule has 0 aromatic carbocycles. The summed E-state index contributed by atoms with van der Waals surface area (Å²) in [5.74, 6) is 0. The lowest BCUT2D eigenvalue weighted by Gasteiger charge is -2.39. The van der Waals surface area contributed by atoms with Gasteiger partial charge in [0.05, 0.1) is 0 Å². The summed E-state index contributed by atoms with van der Waals surface area (Å²) in [5.41, 5.74) is 0.465. The second kappa shape index (κ2) is 8.92. The van der Waals surface area contributed by atoms with Gasteiger partial charge < -0.3 is 10.6 Å². The van der Waals surface area contributed by atoms with E-state index in [-0.39, 0.29) is 0 Å². The minimum Gasteiger partial charge on any atom is -0.315 e. The van der Waals surface area contributed by atoms with Crippen molar-refractivity contribution in [1.29, 1.82) is 0 Å². The van der Waals surface area contributed by atoms with E-state index < -0.39 is 0 Å². The third-order valence-corrected chi connectivity index (χ3v) is 4.39. The van der Waals surface area contributed by atoms with E-state index in [0.29, 0.717) is 11.5 Å². The second-order valence-electron chi connectivity index (χ2n) is 6.57. The summed E-state index contributed by atoms with van der Waals surface area (Å²) in [6.07, 6.45) is 11.0. The number of hydrogen-bond donors (Lipinski definition) is 2. The molecule has 1 heterocycles. The highest BCUT2D eigenvalue weighted by Gasteiger charge is 2.31. The van der Waals surface area contributed by atoms with Gasteiger partial charge in [-0.2, -0.15) is 0 Å². The first kappa shape index (κ1) is 16.0. The van der Waals surface area contributed by atoms with Gasteiger partial charge in [0.15, 0.2) is 0 Å². The lowest BCUT2D eigenvalue weighted by Crippen LogP contribution is -2.52. The summed E-state index contributed by atoms with van der Waals surface area (Å²) in [4.78, 5) is 0. The van der Waals surface area contributed by atoms with E-state index in [1.165, 1.54) is 64.5 Å². The molecule has 108 valence electrons. The van der Waals surface area contributed by atoms with Gasteiger partial charge in [-0.05, 0) is 37.8 Å². The maximum Gasteiger partial charge on any atom is 0.0243 e. The molecule has 2 nitrogen and oxygen atoms in total. The van der Waals surface area contributed by atoms with E-state index in [0.717, 1.165) is 6.54 Å². The fraction of sp³-hybridized carbons (Fsp3) is 1.00. The molecule has 0 aromatic rings. The van der Waals surface area contributed by atoms with Crippen molar-refractivity contribution in [2.45, 2.75) is 78.2 Å². The van der Waals surface area contributed by atoms with Gasteiger partial charge in [-0.1, -0.05) is 52.9 Å². The molecule has 0 spiro atoms. The van der Waals surface area contributed by atoms with Gasteiger partial charge in [-0.15, -0.1) is 0 Å². The van der Waals surface area contributed by atoms with Gasteiger partial charge in [0.25, 0.3) is 0 Å². The Morgan fingerprint density at radius 3 is 2.56 bits per heavy atom. The van der Waals surface area contributed by atoms with Gasteiger partial charge in [-0.25, -0.2) is 0 Å². The Labute approximate surface area is 114 Å². The molecule has 2 N–H and O–H groups in total. The molecule has 1 fully saturated rings. The van der Waals surface area contributed by atoms with Crippen LogP contribution < -0.4 is 10.6 Å². The first-order valence-corrected chi connectivity index (χ1v) is 8.11. The van der Waals surface area contributed by atoms with Gasteiger partial charge in [0.2, 0.25) is 0 Å². The summed E-state index contributed by atoms with van der Waals surface area (Å²) in [6.45, 7) is 10.6. The van der Waals surface area contributed by atoms with Crippen LogP contribution in [0.15, 0.2) is 0 Å². The topological polar surface area (TPSA) is 24.1 Å². The molecular formula is C16H34N2. The summed E-state index contributed by atoms with van der Waals surface area (Å²) in [5, 5.41) is 7.30. The molecule has 18 heavy (non-hydrogen) atoms. The molecule has 0 saturated carbocycles. The third-order valence-electron chi connectivity index (χ3n) is 4.39. The van der Waals surface area contributed by atoms with Crippen LogP contribution in [0.3, 0.4) is 0 Å². The summed E-state index contributed by atoms with van der Waals surface area (Å²) < 4.78 is 0. The molecule has 0 radical (unpaired) electrons. The first-order chi connectivity index (χ1) is 8.67. The lowest BCUT2D eigenvalue weighted by molar-refractivity contribution is 0.176. The molecule has 1 aliphatic rings. The number of unbranched alkanes of at least 4 members (excludes halogenated alkanes) is 5. The maximum absolute atomic E-state index is 3.67. The fourth-order valence-electron chi connectivity index (χ4n) is 2.90. The summed E-state index contributed by atoms with van der Waals surface area (Å²) in [6, 6.07) is 0.659. The quantitative estimate of drug-likeness (QED) is 0.613. The highest BCUT2D eigenvalue weighted by atomic mass is 15.0. The Balaban J connectivity index is 1.97. The van der Waals surface area contributed by atoms with E-state index in [1.807, 2.05) is 0 Å². The van der Waals surface area contributed by atoms with Crippen molar-refractivity contribution in [3.8, 4) is 0 Å². The predicted molar refractivity (Wildman–Crippen MR) is 81.1 cm³/mol. The van der Waals surface area contributed by atoms with Crippen LogP contribution in [-0.4, -0.2) is 25.7 Å². The highest BCUT2D eigenvalue weighted by Crippen LogP contribution is 2.29. The lowest BCUT2D eigenvalue weighted by atomic mass is 9.77. The fourth-order valence-corrected chi connectivity index (χ4v) is 2.90. The Hall–Kier alpha value is -0.0800. The molecule has 1 rings (SSSR count). The zero-order chi connectivity index (χ0) is 13.3. The van der Waals surface area contributed by atoms with Crippen molar-refractivity contribution in [2.24, 2.45) is 5.41 Å². The van der Waals surface area contributed by atoms with Crippen LogP contribution >= 0.6 is 0 Å². The molecule has 0 aliphatic carbocycles. The molecule has 0 aromatic heterocycles. The highest BCUT2D eigenvalue weighted by molar-refractivity contribution is 4.89. The van der Waals surface area contributed by atoms with Crippen LogP contribution in [0.1, 0.15) is 72.1 Å². The van der Waals surface area contributed by atoms with Gasteiger partial charge in [0, 0.05) is 12.6 Å². The van der Waals surface area contributed by atoms with Gasteiger partial charge >= 0.3 is 0 Å². The smallest absolute Gasteiger partial charge is 0.0243 e. The summed E-state index contributed by atoms with van der Waals surface area (Å²) in [7, 11) is 0. The monoisotopic (exact) mass is 254 g/mol. The normalized spacial score (nSPS) is 23.2. The van der Waals surface area contributed by atoms with E-state index in [1.54, 1.807) is 0 Å². The minimum atomic E-state index is 0.465. The third kappa shape index (κ3) is 6.19. The van der Waals surface area contributed by atoms with Crippen LogP contribution in [0.25, 0.3) is 0 Å². The van der Waals surface area contributed by atoms with Crippen molar-refractivity contribution in [2.75, 3.05) is 19.6 Å². The van der Waals surface area contributed by atoms with Crippen molar-refractivity contribution < 1.29 is 0 Å². The van der Waals surface area contributed by atoms with Crippen molar-refractivity contribution >= 4 is 0 Å². The van der Waals surface area contributed by atoms with Crippen LogP contribution in [0, 0.1) is 5.41 Å². The standard InChI is InChI=1S/C16H34N2/c1-4-5-6-7-8-9-12-17-14-15-16(2,3)11-10-13-18-15/h15,17-18H,4-14H2,1-3H3. The molecule has 2 heteroatoms. The Morgan fingerprint density at radius 1 is 1.11 bits per heavy atom. The van der Waals surface area contributed by atoms with Crippen molar-refractivity contribution in [3.63, 3.8) is 0 Å². The van der Waals surface area contributed by atoms with Crippen LogP contribution in [0.5, 0.6) is 0 Å². The van der Waals surface area contributed by atoms with Crippen molar-refractivity contribution in [3.05, 3.63) is 0 Å². The zero-order valence-corrected chi connectivity index (χ0v) is 12.9. The summed E-state index contributed by atoms with van der Waals surface area (Å²) >= 11 is 0. The second-order valence-corrected chi connectivity index (χ2v) is 6.57. The Kier molecular flexibility index (Phi) is 7.92. The average Bonchev–Trinajstić information content (AvgIpc) is 2.34. The van der Waals surface area contributed by atoms with Crippen molar-refractivity contribution in [1.82, 2.24) is 10.6 Å². The molecular weight excluding hydrogens is 220 g/mol. The molecule has 1 saturated heterocycles. The first-order valence-electron chi connectivity index (χ1n) is 8.11. The Morgan fingerprint density at radius 2 is 1.83 bits per heavy atom. The van der Waals surface area contributed by atoms with Gasteiger partial charge in [-0.3, -0.25) is 0 Å². The van der Waals surface area contributed by atoms with Crippen LogP contribution in [-0.2, 0) is 0 Å². The van der Waals surface area contributed by atoms with E-state index in [9.17, 15) is 0 Å². The molecule has 0 amide bonds. The van der Waals surface area contributed by atoms with E-state index >= 15 is 0 Å². The number of nitrogens with one attached hydrogen (secondary N) is 2.